The van der Waals surface area contributed by atoms with Crippen LogP contribution in [0.1, 0.15) is 25.2 Å². The average molecular weight is 396 g/mol. The predicted octanol–water partition coefficient (Wildman–Crippen LogP) is 3.71. The summed E-state index contributed by atoms with van der Waals surface area (Å²) in [5.41, 5.74) is 2.53. The molecule has 1 fully saturated rings. The zero-order valence-corrected chi connectivity index (χ0v) is 16.7. The maximum absolute atomic E-state index is 12.5. The number of carbonyl (C=O) groups is 1. The normalized spacial score (nSPS) is 21.1. The van der Waals surface area contributed by atoms with Gasteiger partial charge in [0.15, 0.2) is 5.78 Å². The van der Waals surface area contributed by atoms with Crippen LogP contribution in [0.5, 0.6) is 0 Å². The molecule has 1 aromatic carbocycles. The third-order valence-electron chi connectivity index (χ3n) is 4.36. The molecule has 1 saturated heterocycles. The van der Waals surface area contributed by atoms with Gasteiger partial charge in [0.2, 0.25) is 0 Å². The van der Waals surface area contributed by atoms with E-state index in [1.165, 1.54) is 0 Å². The van der Waals surface area contributed by atoms with Crippen molar-refractivity contribution in [1.29, 1.82) is 0 Å². The highest BCUT2D eigenvalue weighted by molar-refractivity contribution is 6.42. The fourth-order valence-electron chi connectivity index (χ4n) is 3.42. The van der Waals surface area contributed by atoms with Crippen molar-refractivity contribution < 1.29 is 9.53 Å². The minimum absolute atomic E-state index is 0.155. The number of nitrogens with zero attached hydrogens (tertiary/aromatic N) is 3. The number of aryl methyl sites for hydroxylation is 1. The minimum atomic E-state index is 0.155. The first kappa shape index (κ1) is 19.4. The van der Waals surface area contributed by atoms with E-state index in [1.54, 1.807) is 16.8 Å². The van der Waals surface area contributed by atoms with Crippen LogP contribution >= 0.6 is 23.2 Å². The van der Waals surface area contributed by atoms with E-state index in [1.807, 2.05) is 32.9 Å². The Morgan fingerprint density at radius 3 is 2.54 bits per heavy atom. The average Bonchev–Trinajstić information content (AvgIpc) is 2.89. The monoisotopic (exact) mass is 395 g/mol. The maximum atomic E-state index is 12.5. The van der Waals surface area contributed by atoms with Gasteiger partial charge in [-0.05, 0) is 45.0 Å². The number of ketones is 1. The van der Waals surface area contributed by atoms with E-state index in [0.29, 0.717) is 23.0 Å². The summed E-state index contributed by atoms with van der Waals surface area (Å²) >= 11 is 12.1. The Balaban J connectivity index is 1.67. The van der Waals surface area contributed by atoms with Gasteiger partial charge in [0.25, 0.3) is 0 Å². The molecule has 5 nitrogen and oxygen atoms in total. The summed E-state index contributed by atoms with van der Waals surface area (Å²) in [4.78, 5) is 14.6. The number of ether oxygens (including phenoxy) is 1. The van der Waals surface area contributed by atoms with Crippen molar-refractivity contribution in [2.75, 3.05) is 19.6 Å². The lowest BCUT2D eigenvalue weighted by Gasteiger charge is -2.34. The molecule has 0 N–H and O–H groups in total. The third-order valence-corrected chi connectivity index (χ3v) is 5.10. The van der Waals surface area contributed by atoms with Crippen LogP contribution in [0.25, 0.3) is 5.69 Å². The van der Waals surface area contributed by atoms with Gasteiger partial charge in [-0.25, -0.2) is 4.68 Å². The van der Waals surface area contributed by atoms with Crippen LogP contribution in [0.15, 0.2) is 24.3 Å². The van der Waals surface area contributed by atoms with Gasteiger partial charge in [-0.1, -0.05) is 23.2 Å². The molecule has 140 valence electrons. The van der Waals surface area contributed by atoms with Crippen LogP contribution in [0.3, 0.4) is 0 Å². The molecular formula is C19H23Cl2N3O2. The topological polar surface area (TPSA) is 47.4 Å². The molecule has 2 atom stereocenters. The molecule has 2 heterocycles. The van der Waals surface area contributed by atoms with Crippen molar-refractivity contribution >= 4 is 29.0 Å². The maximum Gasteiger partial charge on any atom is 0.152 e. The smallest absolute Gasteiger partial charge is 0.152 e. The summed E-state index contributed by atoms with van der Waals surface area (Å²) < 4.78 is 7.49. The molecule has 3 rings (SSSR count). The zero-order chi connectivity index (χ0) is 18.8. The lowest BCUT2D eigenvalue weighted by Crippen LogP contribution is -2.47. The largest absolute Gasteiger partial charge is 0.373 e. The number of hydrogen-bond donors (Lipinski definition) is 0. The molecule has 0 radical (unpaired) electrons. The summed E-state index contributed by atoms with van der Waals surface area (Å²) in [6.07, 6.45) is 0.625. The van der Waals surface area contributed by atoms with Gasteiger partial charge in [-0.15, -0.1) is 0 Å². The Labute approximate surface area is 163 Å². The van der Waals surface area contributed by atoms with Gasteiger partial charge in [-0.3, -0.25) is 9.69 Å². The third kappa shape index (κ3) is 4.65. The number of Topliss-reactive ketones (excluding diaryl/α,β-unsaturated/α-hetero) is 1. The first-order valence-corrected chi connectivity index (χ1v) is 9.48. The van der Waals surface area contributed by atoms with Crippen LogP contribution in [0, 0.1) is 6.92 Å². The van der Waals surface area contributed by atoms with E-state index in [4.69, 9.17) is 27.9 Å². The molecule has 0 saturated carbocycles. The Kier molecular flexibility index (Phi) is 6.03. The van der Waals surface area contributed by atoms with Crippen LogP contribution in [0.4, 0.5) is 0 Å². The second-order valence-corrected chi connectivity index (χ2v) is 7.77. The molecule has 1 aliphatic rings. The van der Waals surface area contributed by atoms with Gasteiger partial charge in [0.05, 0.1) is 46.6 Å². The molecule has 1 aliphatic heterocycles. The van der Waals surface area contributed by atoms with Crippen LogP contribution in [-0.4, -0.2) is 52.3 Å². The number of benzene rings is 1. The second kappa shape index (κ2) is 8.09. The predicted molar refractivity (Wildman–Crippen MR) is 103 cm³/mol. The van der Waals surface area contributed by atoms with Crippen LogP contribution in [-0.2, 0) is 16.0 Å². The molecular weight excluding hydrogens is 373 g/mol. The Bertz CT molecular complexity index is 796. The molecule has 0 aliphatic carbocycles. The van der Waals surface area contributed by atoms with Gasteiger partial charge >= 0.3 is 0 Å². The SMILES string of the molecule is Cc1cc(CC(=O)CN2CC(C)OC(C)C2)nn1-c1ccc(Cl)c(Cl)c1. The molecule has 1 aromatic heterocycles. The van der Waals surface area contributed by atoms with E-state index in [0.717, 1.165) is 30.2 Å². The highest BCUT2D eigenvalue weighted by atomic mass is 35.5. The standard InChI is InChI=1S/C19H23Cl2N3O2/c1-12-6-15(22-24(12)16-4-5-18(20)19(21)8-16)7-17(25)11-23-9-13(2)26-14(3)10-23/h4-6,8,13-14H,7,9-11H2,1-3H3. The molecule has 26 heavy (non-hydrogen) atoms. The number of rotatable bonds is 5. The summed E-state index contributed by atoms with van der Waals surface area (Å²) in [5, 5.41) is 5.55. The number of aromatic nitrogens is 2. The summed E-state index contributed by atoms with van der Waals surface area (Å²) in [7, 11) is 0. The van der Waals surface area contributed by atoms with Crippen LogP contribution in [0.2, 0.25) is 10.0 Å². The van der Waals surface area contributed by atoms with Crippen molar-refractivity contribution in [2.45, 2.75) is 39.4 Å². The minimum Gasteiger partial charge on any atom is -0.373 e. The highest BCUT2D eigenvalue weighted by Crippen LogP contribution is 2.25. The van der Waals surface area contributed by atoms with Crippen molar-refractivity contribution in [3.05, 3.63) is 45.7 Å². The van der Waals surface area contributed by atoms with E-state index >= 15 is 0 Å². The van der Waals surface area contributed by atoms with Crippen molar-refractivity contribution in [3.63, 3.8) is 0 Å². The molecule has 2 unspecified atom stereocenters. The highest BCUT2D eigenvalue weighted by Gasteiger charge is 2.24. The zero-order valence-electron chi connectivity index (χ0n) is 15.2. The molecule has 7 heteroatoms. The number of morpholine rings is 1. The van der Waals surface area contributed by atoms with Crippen molar-refractivity contribution in [1.82, 2.24) is 14.7 Å². The van der Waals surface area contributed by atoms with E-state index in [9.17, 15) is 4.79 Å². The van der Waals surface area contributed by atoms with E-state index in [2.05, 4.69) is 10.00 Å². The lowest BCUT2D eigenvalue weighted by atomic mass is 10.1. The first-order valence-electron chi connectivity index (χ1n) is 8.72. The summed E-state index contributed by atoms with van der Waals surface area (Å²) in [6, 6.07) is 7.30. The van der Waals surface area contributed by atoms with Crippen LogP contribution < -0.4 is 0 Å². The second-order valence-electron chi connectivity index (χ2n) is 6.95. The molecule has 0 spiro atoms. The Morgan fingerprint density at radius 1 is 1.19 bits per heavy atom. The number of halogens is 2. The Morgan fingerprint density at radius 2 is 1.88 bits per heavy atom. The van der Waals surface area contributed by atoms with Gasteiger partial charge < -0.3 is 4.74 Å². The molecule has 2 aromatic rings. The van der Waals surface area contributed by atoms with Gasteiger partial charge in [0.1, 0.15) is 0 Å². The fraction of sp³-hybridized carbons (Fsp3) is 0.474. The van der Waals surface area contributed by atoms with E-state index in [-0.39, 0.29) is 18.0 Å². The van der Waals surface area contributed by atoms with Gasteiger partial charge in [-0.2, -0.15) is 5.10 Å². The van der Waals surface area contributed by atoms with Crippen molar-refractivity contribution in [3.8, 4) is 5.69 Å². The fourth-order valence-corrected chi connectivity index (χ4v) is 3.72. The first-order chi connectivity index (χ1) is 12.3. The van der Waals surface area contributed by atoms with Gasteiger partial charge in [0, 0.05) is 18.8 Å². The Hall–Kier alpha value is -1.40. The van der Waals surface area contributed by atoms with Crippen molar-refractivity contribution in [2.24, 2.45) is 0 Å². The number of hydrogen-bond acceptors (Lipinski definition) is 4. The lowest BCUT2D eigenvalue weighted by molar-refractivity contribution is -0.123. The quantitative estimate of drug-likeness (QED) is 0.773. The summed E-state index contributed by atoms with van der Waals surface area (Å²) in [6.45, 7) is 8.02. The van der Waals surface area contributed by atoms with E-state index < -0.39 is 0 Å². The number of carbonyl (C=O) groups excluding carboxylic acids is 1. The summed E-state index contributed by atoms with van der Waals surface area (Å²) in [5.74, 6) is 0.157. The molecule has 0 bridgehead atoms. The molecule has 0 amide bonds.